The lowest BCUT2D eigenvalue weighted by Crippen LogP contribution is -2.30. The van der Waals surface area contributed by atoms with Crippen LogP contribution in [0.2, 0.25) is 0 Å². The van der Waals surface area contributed by atoms with Crippen molar-refractivity contribution in [3.05, 3.63) is 102 Å². The van der Waals surface area contributed by atoms with Crippen LogP contribution in [0, 0.1) is 31.0 Å². The van der Waals surface area contributed by atoms with Gasteiger partial charge in [0, 0.05) is 33.4 Å². The van der Waals surface area contributed by atoms with Crippen molar-refractivity contribution < 1.29 is 9.90 Å². The van der Waals surface area contributed by atoms with E-state index in [-0.39, 0.29) is 5.56 Å². The zero-order valence-corrected chi connectivity index (χ0v) is 27.3. The third-order valence-electron chi connectivity index (χ3n) is 10.1. The van der Waals surface area contributed by atoms with E-state index in [1.165, 1.54) is 19.0 Å². The summed E-state index contributed by atoms with van der Waals surface area (Å²) in [6, 6.07) is 26.7. The lowest BCUT2D eigenvalue weighted by atomic mass is 9.62. The molecule has 0 N–H and O–H groups in total. The van der Waals surface area contributed by atoms with E-state index in [1.54, 1.807) is 0 Å². The molecular weight excluding hydrogens is 546 g/mol. The first-order chi connectivity index (χ1) is 23.3. The Bertz CT molecular complexity index is 2150. The molecule has 2 nitrogen and oxygen atoms in total. The lowest BCUT2D eigenvalue weighted by molar-refractivity contribution is 0.108. The van der Waals surface area contributed by atoms with Crippen molar-refractivity contribution in [3.63, 3.8) is 0 Å². The first kappa shape index (κ1) is 25.3. The molecule has 2 heteroatoms. The summed E-state index contributed by atoms with van der Waals surface area (Å²) in [5.74, 6) is 0.655. The number of benzene rings is 4. The van der Waals surface area contributed by atoms with Gasteiger partial charge >= 0.3 is 0 Å². The van der Waals surface area contributed by atoms with Gasteiger partial charge < -0.3 is 4.42 Å². The molecule has 230 valence electrons. The SMILES string of the molecule is [2H]C([2H])([2H])c1cnc(-c2cccc3c2oc2c4ccccc4ccc32)cc1-c1ccc(C2([2H])CCC(CC(C)C)(CC(C)C)CC2)cc1C. The number of nitrogens with zero attached hydrogens (tertiary/aromatic N) is 1. The van der Waals surface area contributed by atoms with Gasteiger partial charge in [0.25, 0.3) is 0 Å². The minimum Gasteiger partial charge on any atom is -0.455 e. The van der Waals surface area contributed by atoms with Crippen molar-refractivity contribution in [1.82, 2.24) is 4.98 Å². The summed E-state index contributed by atoms with van der Waals surface area (Å²) >= 11 is 0. The molecule has 6 aromatic rings. The van der Waals surface area contributed by atoms with Crippen LogP contribution in [0.3, 0.4) is 0 Å². The van der Waals surface area contributed by atoms with Crippen molar-refractivity contribution in [3.8, 4) is 22.4 Å². The van der Waals surface area contributed by atoms with Crippen LogP contribution in [0.5, 0.6) is 0 Å². The number of aromatic nitrogens is 1. The molecule has 0 spiro atoms. The van der Waals surface area contributed by atoms with Crippen LogP contribution in [-0.2, 0) is 0 Å². The summed E-state index contributed by atoms with van der Waals surface area (Å²) in [4.78, 5) is 4.72. The zero-order valence-electron chi connectivity index (χ0n) is 31.3. The Hall–Kier alpha value is -3.91. The van der Waals surface area contributed by atoms with Gasteiger partial charge in [-0.15, -0.1) is 0 Å². The first-order valence-electron chi connectivity index (χ1n) is 18.7. The highest BCUT2D eigenvalue weighted by Gasteiger charge is 2.36. The van der Waals surface area contributed by atoms with E-state index in [0.29, 0.717) is 28.5 Å². The third kappa shape index (κ3) is 5.58. The smallest absolute Gasteiger partial charge is 0.144 e. The zero-order chi connectivity index (χ0) is 34.7. The van der Waals surface area contributed by atoms with Crippen molar-refractivity contribution >= 4 is 32.7 Å². The maximum atomic E-state index is 9.63. The fourth-order valence-corrected chi connectivity index (χ4v) is 8.33. The van der Waals surface area contributed by atoms with E-state index >= 15 is 0 Å². The highest BCUT2D eigenvalue weighted by molar-refractivity contribution is 6.17. The second-order valence-corrected chi connectivity index (χ2v) is 14.4. The molecule has 0 amide bonds. The molecule has 45 heavy (non-hydrogen) atoms. The minimum atomic E-state index is -2.34. The van der Waals surface area contributed by atoms with Crippen molar-refractivity contribution in [2.45, 2.75) is 85.9 Å². The second-order valence-electron chi connectivity index (χ2n) is 14.4. The Morgan fingerprint density at radius 3 is 2.24 bits per heavy atom. The number of para-hydroxylation sites is 1. The number of rotatable bonds is 7. The van der Waals surface area contributed by atoms with Crippen molar-refractivity contribution in [1.29, 1.82) is 0 Å². The van der Waals surface area contributed by atoms with Gasteiger partial charge in [0.05, 0.1) is 5.69 Å². The lowest BCUT2D eigenvalue weighted by Gasteiger charge is -2.43. The Balaban J connectivity index is 1.28. The summed E-state index contributed by atoms with van der Waals surface area (Å²) in [7, 11) is 0. The fourth-order valence-electron chi connectivity index (χ4n) is 8.33. The normalized spacial score (nSPS) is 17.9. The van der Waals surface area contributed by atoms with Crippen LogP contribution >= 0.6 is 0 Å². The van der Waals surface area contributed by atoms with Gasteiger partial charge in [0.1, 0.15) is 11.2 Å². The molecular formula is C43H47NO. The highest BCUT2D eigenvalue weighted by Crippen LogP contribution is 2.50. The molecule has 1 aliphatic rings. The summed E-state index contributed by atoms with van der Waals surface area (Å²) in [5.41, 5.74) is 7.10. The van der Waals surface area contributed by atoms with Crippen LogP contribution in [0.4, 0.5) is 0 Å². The maximum absolute atomic E-state index is 9.63. The van der Waals surface area contributed by atoms with Crippen LogP contribution < -0.4 is 0 Å². The van der Waals surface area contributed by atoms with Gasteiger partial charge in [-0.2, -0.15) is 0 Å². The van der Waals surface area contributed by atoms with Gasteiger partial charge in [-0.25, -0.2) is 0 Å². The molecule has 1 saturated carbocycles. The molecule has 7 rings (SSSR count). The number of aryl methyl sites for hydroxylation is 2. The van der Waals surface area contributed by atoms with E-state index in [4.69, 9.17) is 13.5 Å². The summed E-state index contributed by atoms with van der Waals surface area (Å²) in [6.07, 6.45) is 7.81. The molecule has 2 heterocycles. The van der Waals surface area contributed by atoms with E-state index in [9.17, 15) is 1.37 Å². The summed E-state index contributed by atoms with van der Waals surface area (Å²) in [6.45, 7) is 8.99. The standard InChI is InChI=1S/C43H47NO/c1-27(2)24-43(25-28(3)4)20-18-31(19-21-43)33-15-16-34(29(5)22-33)39-23-40(44-26-30(39)6)38-13-9-12-36-37-17-14-32-10-7-8-11-35(32)41(37)45-42(36)38/h7-17,22-23,26-28,31H,18-21,24-25H2,1-6H3/i6D3,31D. The molecule has 0 atom stereocenters. The highest BCUT2D eigenvalue weighted by atomic mass is 16.3. The monoisotopic (exact) mass is 597 g/mol. The molecule has 0 radical (unpaired) electrons. The molecule has 2 aromatic heterocycles. The van der Waals surface area contributed by atoms with E-state index in [0.717, 1.165) is 80.6 Å². The van der Waals surface area contributed by atoms with Crippen molar-refractivity contribution in [2.24, 2.45) is 17.3 Å². The Kier molecular flexibility index (Phi) is 6.63. The predicted molar refractivity (Wildman–Crippen MR) is 192 cm³/mol. The van der Waals surface area contributed by atoms with E-state index in [1.807, 2.05) is 43.3 Å². The number of fused-ring (bicyclic) bond motifs is 5. The maximum Gasteiger partial charge on any atom is 0.144 e. The fraction of sp³-hybridized carbons (Fsp3) is 0.372. The van der Waals surface area contributed by atoms with E-state index < -0.39 is 12.7 Å². The molecule has 1 fully saturated rings. The van der Waals surface area contributed by atoms with Crippen LogP contribution in [0.15, 0.2) is 89.5 Å². The minimum absolute atomic E-state index is 0.222. The number of furan rings is 1. The number of hydrogen-bond acceptors (Lipinski definition) is 2. The van der Waals surface area contributed by atoms with Crippen LogP contribution in [-0.4, -0.2) is 4.98 Å². The first-order valence-corrected chi connectivity index (χ1v) is 16.7. The number of pyridine rings is 1. The Morgan fingerprint density at radius 2 is 1.51 bits per heavy atom. The molecule has 4 aromatic carbocycles. The van der Waals surface area contributed by atoms with Gasteiger partial charge in [-0.3, -0.25) is 4.98 Å². The quantitative estimate of drug-likeness (QED) is 0.183. The molecule has 0 aliphatic heterocycles. The summed E-state index contributed by atoms with van der Waals surface area (Å²) < 4.78 is 41.4. The Labute approximate surface area is 274 Å². The third-order valence-corrected chi connectivity index (χ3v) is 10.1. The van der Waals surface area contributed by atoms with Gasteiger partial charge in [-0.05, 0) is 127 Å². The van der Waals surface area contributed by atoms with Crippen LogP contribution in [0.1, 0.15) is 94.3 Å². The molecule has 1 aliphatic carbocycles. The number of hydrogen-bond donors (Lipinski definition) is 0. The molecule has 0 unspecified atom stereocenters. The summed E-state index contributed by atoms with van der Waals surface area (Å²) in [5, 5.41) is 4.21. The molecule has 0 saturated heterocycles. The average Bonchev–Trinajstić information content (AvgIpc) is 3.44. The van der Waals surface area contributed by atoms with Gasteiger partial charge in [-0.1, -0.05) is 88.4 Å². The average molecular weight is 598 g/mol. The second kappa shape index (κ2) is 11.8. The topological polar surface area (TPSA) is 26.0 Å². The predicted octanol–water partition coefficient (Wildman–Crippen LogP) is 12.8. The Morgan fingerprint density at radius 1 is 0.778 bits per heavy atom. The van der Waals surface area contributed by atoms with E-state index in [2.05, 4.69) is 70.2 Å². The largest absolute Gasteiger partial charge is 0.455 e. The van der Waals surface area contributed by atoms with Gasteiger partial charge in [0.2, 0.25) is 0 Å². The van der Waals surface area contributed by atoms with Gasteiger partial charge in [0.15, 0.2) is 0 Å². The molecule has 0 bridgehead atoms. The van der Waals surface area contributed by atoms with Crippen LogP contribution in [0.25, 0.3) is 55.1 Å². The van der Waals surface area contributed by atoms with Crippen molar-refractivity contribution in [2.75, 3.05) is 0 Å².